The molecular formula is C20H24N2. The Kier molecular flexibility index (Phi) is 3.78. The van der Waals surface area contributed by atoms with Gasteiger partial charge in [0, 0.05) is 12.5 Å². The summed E-state index contributed by atoms with van der Waals surface area (Å²) in [6.45, 7) is 11.9. The first-order valence-corrected chi connectivity index (χ1v) is 7.99. The largest absolute Gasteiger partial charge is 0.323 e. The van der Waals surface area contributed by atoms with E-state index in [1.165, 1.54) is 33.6 Å². The van der Waals surface area contributed by atoms with Crippen molar-refractivity contribution in [3.8, 4) is 0 Å². The number of nitrogens with zero attached hydrogens (tertiary/aromatic N) is 2. The zero-order valence-corrected chi connectivity index (χ0v) is 14.1. The van der Waals surface area contributed by atoms with Crippen LogP contribution < -0.4 is 0 Å². The summed E-state index contributed by atoms with van der Waals surface area (Å²) >= 11 is 0. The Morgan fingerprint density at radius 2 is 1.64 bits per heavy atom. The monoisotopic (exact) mass is 292 g/mol. The van der Waals surface area contributed by atoms with Crippen LogP contribution in [0.25, 0.3) is 11.0 Å². The highest BCUT2D eigenvalue weighted by Crippen LogP contribution is 2.25. The van der Waals surface area contributed by atoms with Gasteiger partial charge in [-0.3, -0.25) is 0 Å². The third-order valence-corrected chi connectivity index (χ3v) is 4.36. The Labute approximate surface area is 132 Å². The van der Waals surface area contributed by atoms with Crippen molar-refractivity contribution in [2.24, 2.45) is 0 Å². The van der Waals surface area contributed by atoms with Gasteiger partial charge in [0.1, 0.15) is 5.82 Å². The van der Waals surface area contributed by atoms with Crippen molar-refractivity contribution in [3.05, 3.63) is 64.5 Å². The van der Waals surface area contributed by atoms with Crippen LogP contribution in [0.5, 0.6) is 0 Å². The highest BCUT2D eigenvalue weighted by atomic mass is 15.1. The average Bonchev–Trinajstić information content (AvgIpc) is 2.81. The molecule has 3 rings (SSSR count). The molecule has 0 saturated carbocycles. The lowest BCUT2D eigenvalue weighted by molar-refractivity contribution is 0.680. The van der Waals surface area contributed by atoms with Gasteiger partial charge in [0.05, 0.1) is 11.0 Å². The van der Waals surface area contributed by atoms with Crippen LogP contribution in [-0.4, -0.2) is 9.55 Å². The van der Waals surface area contributed by atoms with E-state index < -0.39 is 0 Å². The van der Waals surface area contributed by atoms with Crippen molar-refractivity contribution in [3.63, 3.8) is 0 Å². The number of benzene rings is 2. The molecule has 2 nitrogen and oxygen atoms in total. The number of imidazole rings is 1. The number of para-hydroxylation sites is 2. The maximum Gasteiger partial charge on any atom is 0.112 e. The summed E-state index contributed by atoms with van der Waals surface area (Å²) < 4.78 is 2.38. The maximum atomic E-state index is 4.85. The molecule has 0 N–H and O–H groups in total. The summed E-state index contributed by atoms with van der Waals surface area (Å²) in [5, 5.41) is 0. The lowest BCUT2D eigenvalue weighted by Crippen LogP contribution is -2.09. The summed E-state index contributed by atoms with van der Waals surface area (Å²) in [6.07, 6.45) is 0. The first kappa shape index (κ1) is 14.8. The number of fused-ring (bicyclic) bond motifs is 1. The second-order valence-corrected chi connectivity index (χ2v) is 6.58. The molecule has 0 aliphatic rings. The predicted octanol–water partition coefficient (Wildman–Crippen LogP) is 5.13. The number of aromatic nitrogens is 2. The smallest absolute Gasteiger partial charge is 0.112 e. The zero-order valence-electron chi connectivity index (χ0n) is 14.1. The standard InChI is InChI=1S/C20H24N2/c1-13(2)20-21-18-8-6-7-9-19(18)22(20)12-17-15(4)10-14(3)11-16(17)5/h6-11,13H,12H2,1-5H3. The van der Waals surface area contributed by atoms with Crippen LogP contribution in [0.1, 0.15) is 47.8 Å². The van der Waals surface area contributed by atoms with Crippen LogP contribution >= 0.6 is 0 Å². The Morgan fingerprint density at radius 1 is 1.00 bits per heavy atom. The molecule has 0 unspecified atom stereocenters. The molecule has 1 aromatic heterocycles. The van der Waals surface area contributed by atoms with Gasteiger partial charge in [-0.1, -0.05) is 43.7 Å². The van der Waals surface area contributed by atoms with Gasteiger partial charge in [-0.15, -0.1) is 0 Å². The predicted molar refractivity (Wildman–Crippen MR) is 93.6 cm³/mol. The highest BCUT2D eigenvalue weighted by molar-refractivity contribution is 5.76. The minimum Gasteiger partial charge on any atom is -0.323 e. The van der Waals surface area contributed by atoms with Gasteiger partial charge in [0.2, 0.25) is 0 Å². The summed E-state index contributed by atoms with van der Waals surface area (Å²) in [4.78, 5) is 4.85. The van der Waals surface area contributed by atoms with Gasteiger partial charge in [-0.05, 0) is 49.6 Å². The molecule has 0 atom stereocenters. The van der Waals surface area contributed by atoms with Crippen molar-refractivity contribution in [1.29, 1.82) is 0 Å². The molecule has 0 amide bonds. The van der Waals surface area contributed by atoms with Crippen LogP contribution in [0, 0.1) is 20.8 Å². The molecule has 0 fully saturated rings. The SMILES string of the molecule is Cc1cc(C)c(Cn2c(C(C)C)nc3ccccc32)c(C)c1. The summed E-state index contributed by atoms with van der Waals surface area (Å²) in [7, 11) is 0. The van der Waals surface area contributed by atoms with E-state index in [9.17, 15) is 0 Å². The van der Waals surface area contributed by atoms with Crippen molar-refractivity contribution >= 4 is 11.0 Å². The van der Waals surface area contributed by atoms with Crippen molar-refractivity contribution in [2.45, 2.75) is 47.1 Å². The fraction of sp³-hybridized carbons (Fsp3) is 0.350. The molecule has 114 valence electrons. The van der Waals surface area contributed by atoms with E-state index in [4.69, 9.17) is 4.98 Å². The molecule has 22 heavy (non-hydrogen) atoms. The Hall–Kier alpha value is -2.09. The van der Waals surface area contributed by atoms with Crippen molar-refractivity contribution in [2.75, 3.05) is 0 Å². The van der Waals surface area contributed by atoms with E-state index in [0.29, 0.717) is 5.92 Å². The number of hydrogen-bond donors (Lipinski definition) is 0. The molecule has 2 aromatic carbocycles. The third kappa shape index (κ3) is 2.54. The van der Waals surface area contributed by atoms with Gasteiger partial charge in [0.15, 0.2) is 0 Å². The number of rotatable bonds is 3. The molecular weight excluding hydrogens is 268 g/mol. The number of aryl methyl sites for hydroxylation is 3. The Morgan fingerprint density at radius 3 is 2.27 bits per heavy atom. The van der Waals surface area contributed by atoms with E-state index in [-0.39, 0.29) is 0 Å². The second kappa shape index (κ2) is 5.60. The van der Waals surface area contributed by atoms with E-state index in [2.05, 4.69) is 75.6 Å². The van der Waals surface area contributed by atoms with Gasteiger partial charge in [-0.25, -0.2) is 4.98 Å². The zero-order chi connectivity index (χ0) is 15.9. The van der Waals surface area contributed by atoms with E-state index in [1.807, 2.05) is 0 Å². The molecule has 0 saturated heterocycles. The minimum atomic E-state index is 0.415. The lowest BCUT2D eigenvalue weighted by atomic mass is 9.99. The van der Waals surface area contributed by atoms with Crippen LogP contribution in [-0.2, 0) is 6.54 Å². The fourth-order valence-corrected chi connectivity index (χ4v) is 3.32. The van der Waals surface area contributed by atoms with Crippen LogP contribution in [0.4, 0.5) is 0 Å². The van der Waals surface area contributed by atoms with Crippen molar-refractivity contribution < 1.29 is 0 Å². The summed E-state index contributed by atoms with van der Waals surface area (Å²) in [6, 6.07) is 13.0. The molecule has 0 radical (unpaired) electrons. The topological polar surface area (TPSA) is 17.8 Å². The Balaban J connectivity index is 2.17. The molecule has 1 heterocycles. The first-order valence-electron chi connectivity index (χ1n) is 7.99. The van der Waals surface area contributed by atoms with E-state index in [0.717, 1.165) is 12.1 Å². The average molecular weight is 292 g/mol. The molecule has 3 aromatic rings. The van der Waals surface area contributed by atoms with Crippen LogP contribution in [0.2, 0.25) is 0 Å². The molecule has 2 heteroatoms. The van der Waals surface area contributed by atoms with Gasteiger partial charge < -0.3 is 4.57 Å². The van der Waals surface area contributed by atoms with Crippen LogP contribution in [0.3, 0.4) is 0 Å². The molecule has 0 aliphatic heterocycles. The summed E-state index contributed by atoms with van der Waals surface area (Å²) in [5.74, 6) is 1.58. The third-order valence-electron chi connectivity index (χ3n) is 4.36. The van der Waals surface area contributed by atoms with Crippen LogP contribution in [0.15, 0.2) is 36.4 Å². The van der Waals surface area contributed by atoms with Crippen molar-refractivity contribution in [1.82, 2.24) is 9.55 Å². The highest BCUT2D eigenvalue weighted by Gasteiger charge is 2.15. The number of hydrogen-bond acceptors (Lipinski definition) is 1. The lowest BCUT2D eigenvalue weighted by Gasteiger charge is -2.16. The van der Waals surface area contributed by atoms with Gasteiger partial charge >= 0.3 is 0 Å². The second-order valence-electron chi connectivity index (χ2n) is 6.58. The van der Waals surface area contributed by atoms with Gasteiger partial charge in [-0.2, -0.15) is 0 Å². The quantitative estimate of drug-likeness (QED) is 0.654. The molecule has 0 bridgehead atoms. The molecule has 0 spiro atoms. The summed E-state index contributed by atoms with van der Waals surface area (Å²) in [5.41, 5.74) is 7.79. The van der Waals surface area contributed by atoms with E-state index in [1.54, 1.807) is 0 Å². The maximum absolute atomic E-state index is 4.85. The first-order chi connectivity index (χ1) is 10.5. The fourth-order valence-electron chi connectivity index (χ4n) is 3.32. The van der Waals surface area contributed by atoms with E-state index >= 15 is 0 Å². The molecule has 0 aliphatic carbocycles. The minimum absolute atomic E-state index is 0.415. The van der Waals surface area contributed by atoms with Gasteiger partial charge in [0.25, 0.3) is 0 Å². The Bertz CT molecular complexity index is 802. The normalized spacial score (nSPS) is 11.5.